The zero-order valence-electron chi connectivity index (χ0n) is 8.59. The standard InChI is InChI=1S/C14H13I/c15-14-12-7-3-1-5-10(12)9-11-6-2-4-8-13(11)14/h1,3,5,7,9H,2,4,6,8H2. The highest BCUT2D eigenvalue weighted by atomic mass is 127. The van der Waals surface area contributed by atoms with Gasteiger partial charge in [-0.25, -0.2) is 0 Å². The summed E-state index contributed by atoms with van der Waals surface area (Å²) in [5.41, 5.74) is 3.20. The third-order valence-corrected chi connectivity index (χ3v) is 4.53. The second-order valence-electron chi connectivity index (χ2n) is 4.26. The minimum Gasteiger partial charge on any atom is -0.0616 e. The molecule has 0 radical (unpaired) electrons. The molecule has 0 amide bonds. The molecule has 1 aliphatic rings. The van der Waals surface area contributed by atoms with Gasteiger partial charge in [0.15, 0.2) is 0 Å². The molecule has 15 heavy (non-hydrogen) atoms. The lowest BCUT2D eigenvalue weighted by atomic mass is 9.89. The van der Waals surface area contributed by atoms with Gasteiger partial charge < -0.3 is 0 Å². The van der Waals surface area contributed by atoms with Gasteiger partial charge in [-0.3, -0.25) is 0 Å². The third-order valence-electron chi connectivity index (χ3n) is 3.30. The van der Waals surface area contributed by atoms with E-state index in [9.17, 15) is 0 Å². The number of aryl methyl sites for hydroxylation is 1. The van der Waals surface area contributed by atoms with Crippen molar-refractivity contribution in [3.8, 4) is 0 Å². The first-order valence-corrected chi connectivity index (χ1v) is 6.63. The van der Waals surface area contributed by atoms with Crippen molar-refractivity contribution in [2.45, 2.75) is 25.7 Å². The van der Waals surface area contributed by atoms with Crippen molar-refractivity contribution in [3.05, 3.63) is 45.0 Å². The van der Waals surface area contributed by atoms with Crippen LogP contribution in [0.1, 0.15) is 24.0 Å². The van der Waals surface area contributed by atoms with Crippen molar-refractivity contribution in [2.75, 3.05) is 0 Å². The molecular formula is C14H13I. The van der Waals surface area contributed by atoms with Crippen LogP contribution < -0.4 is 0 Å². The van der Waals surface area contributed by atoms with Gasteiger partial charge in [0, 0.05) is 3.57 Å². The number of halogens is 1. The molecule has 0 unspecified atom stereocenters. The van der Waals surface area contributed by atoms with Crippen LogP contribution in [-0.4, -0.2) is 0 Å². The predicted octanol–water partition coefficient (Wildman–Crippen LogP) is 4.32. The van der Waals surface area contributed by atoms with Crippen LogP contribution >= 0.6 is 22.6 Å². The van der Waals surface area contributed by atoms with Gasteiger partial charge in [0.05, 0.1) is 0 Å². The third kappa shape index (κ3) is 1.57. The van der Waals surface area contributed by atoms with Gasteiger partial charge in [0.1, 0.15) is 0 Å². The SMILES string of the molecule is Ic1c2c(cc3ccccc13)CCCC2. The van der Waals surface area contributed by atoms with E-state index in [0.29, 0.717) is 0 Å². The Labute approximate surface area is 104 Å². The van der Waals surface area contributed by atoms with Crippen molar-refractivity contribution in [2.24, 2.45) is 0 Å². The van der Waals surface area contributed by atoms with E-state index in [1.165, 1.54) is 40.0 Å². The van der Waals surface area contributed by atoms with Crippen molar-refractivity contribution < 1.29 is 0 Å². The molecule has 0 spiro atoms. The predicted molar refractivity (Wildman–Crippen MR) is 73.3 cm³/mol. The van der Waals surface area contributed by atoms with E-state index in [0.717, 1.165) is 0 Å². The number of hydrogen-bond donors (Lipinski definition) is 0. The van der Waals surface area contributed by atoms with E-state index in [1.54, 1.807) is 11.1 Å². The van der Waals surface area contributed by atoms with E-state index >= 15 is 0 Å². The molecule has 0 atom stereocenters. The molecule has 0 N–H and O–H groups in total. The van der Waals surface area contributed by atoms with Crippen LogP contribution in [0.4, 0.5) is 0 Å². The molecule has 76 valence electrons. The molecular weight excluding hydrogens is 295 g/mol. The highest BCUT2D eigenvalue weighted by Gasteiger charge is 2.14. The van der Waals surface area contributed by atoms with Crippen LogP contribution in [0.15, 0.2) is 30.3 Å². The number of rotatable bonds is 0. The molecule has 2 aromatic carbocycles. The average Bonchev–Trinajstić information content (AvgIpc) is 2.30. The first kappa shape index (κ1) is 9.64. The maximum Gasteiger partial charge on any atom is 0.0243 e. The normalized spacial score (nSPS) is 15.3. The molecule has 0 nitrogen and oxygen atoms in total. The molecule has 0 fully saturated rings. The molecule has 0 heterocycles. The van der Waals surface area contributed by atoms with E-state index in [4.69, 9.17) is 0 Å². The molecule has 0 saturated carbocycles. The Morgan fingerprint density at radius 3 is 2.73 bits per heavy atom. The zero-order chi connectivity index (χ0) is 10.3. The van der Waals surface area contributed by atoms with Crippen molar-refractivity contribution in [1.29, 1.82) is 0 Å². The minimum atomic E-state index is 1.27. The Hall–Kier alpha value is -0.570. The van der Waals surface area contributed by atoms with Gasteiger partial charge in [0.2, 0.25) is 0 Å². The van der Waals surface area contributed by atoms with Crippen molar-refractivity contribution >= 4 is 33.4 Å². The Kier molecular flexibility index (Phi) is 2.43. The van der Waals surface area contributed by atoms with E-state index in [1.807, 2.05) is 0 Å². The van der Waals surface area contributed by atoms with E-state index in [2.05, 4.69) is 52.9 Å². The molecule has 0 bridgehead atoms. The van der Waals surface area contributed by atoms with E-state index in [-0.39, 0.29) is 0 Å². The quantitative estimate of drug-likeness (QED) is 0.636. The van der Waals surface area contributed by atoms with Crippen LogP contribution in [0.3, 0.4) is 0 Å². The van der Waals surface area contributed by atoms with Crippen LogP contribution in [0.2, 0.25) is 0 Å². The van der Waals surface area contributed by atoms with Crippen molar-refractivity contribution in [1.82, 2.24) is 0 Å². The van der Waals surface area contributed by atoms with Gasteiger partial charge in [-0.05, 0) is 70.2 Å². The lowest BCUT2D eigenvalue weighted by Crippen LogP contribution is -2.05. The van der Waals surface area contributed by atoms with Gasteiger partial charge in [-0.2, -0.15) is 0 Å². The molecule has 0 saturated heterocycles. The minimum absolute atomic E-state index is 1.27. The number of fused-ring (bicyclic) bond motifs is 2. The molecule has 0 aromatic heterocycles. The largest absolute Gasteiger partial charge is 0.0616 e. The highest BCUT2D eigenvalue weighted by Crippen LogP contribution is 2.32. The lowest BCUT2D eigenvalue weighted by Gasteiger charge is -2.18. The van der Waals surface area contributed by atoms with Gasteiger partial charge in [-0.15, -0.1) is 0 Å². The molecule has 1 aliphatic carbocycles. The summed E-state index contributed by atoms with van der Waals surface area (Å²) >= 11 is 2.52. The Morgan fingerprint density at radius 1 is 1.00 bits per heavy atom. The second kappa shape index (κ2) is 3.78. The van der Waals surface area contributed by atoms with Gasteiger partial charge in [0.25, 0.3) is 0 Å². The summed E-state index contributed by atoms with van der Waals surface area (Å²) in [7, 11) is 0. The summed E-state index contributed by atoms with van der Waals surface area (Å²) in [6, 6.07) is 11.1. The summed E-state index contributed by atoms with van der Waals surface area (Å²) in [5.74, 6) is 0. The average molecular weight is 308 g/mol. The maximum atomic E-state index is 2.52. The van der Waals surface area contributed by atoms with Crippen LogP contribution in [-0.2, 0) is 12.8 Å². The highest BCUT2D eigenvalue weighted by molar-refractivity contribution is 14.1. The molecule has 2 aromatic rings. The summed E-state index contributed by atoms with van der Waals surface area (Å²) in [6.45, 7) is 0. The molecule has 3 rings (SSSR count). The summed E-state index contributed by atoms with van der Waals surface area (Å²) in [6.07, 6.45) is 5.28. The van der Waals surface area contributed by atoms with Crippen LogP contribution in [0.5, 0.6) is 0 Å². The lowest BCUT2D eigenvalue weighted by molar-refractivity contribution is 0.684. The smallest absolute Gasteiger partial charge is 0.0243 e. The second-order valence-corrected chi connectivity index (χ2v) is 5.34. The topological polar surface area (TPSA) is 0 Å². The summed E-state index contributed by atoms with van der Waals surface area (Å²) in [5, 5.41) is 2.83. The molecule has 1 heteroatoms. The maximum absolute atomic E-state index is 2.52. The molecule has 0 aliphatic heterocycles. The van der Waals surface area contributed by atoms with Crippen LogP contribution in [0, 0.1) is 3.57 Å². The fourth-order valence-corrected chi connectivity index (χ4v) is 3.62. The van der Waals surface area contributed by atoms with Crippen LogP contribution in [0.25, 0.3) is 10.8 Å². The van der Waals surface area contributed by atoms with E-state index < -0.39 is 0 Å². The fourth-order valence-electron chi connectivity index (χ4n) is 2.51. The first-order valence-electron chi connectivity index (χ1n) is 5.55. The Morgan fingerprint density at radius 2 is 1.80 bits per heavy atom. The van der Waals surface area contributed by atoms with Gasteiger partial charge in [-0.1, -0.05) is 30.3 Å². The van der Waals surface area contributed by atoms with Gasteiger partial charge >= 0.3 is 0 Å². The Balaban J connectivity index is 2.36. The zero-order valence-corrected chi connectivity index (χ0v) is 10.8. The summed E-state index contributed by atoms with van der Waals surface area (Å²) in [4.78, 5) is 0. The Bertz CT molecular complexity index is 514. The van der Waals surface area contributed by atoms with Crippen molar-refractivity contribution in [3.63, 3.8) is 0 Å². The first-order chi connectivity index (χ1) is 7.36. The number of benzene rings is 2. The fraction of sp³-hybridized carbons (Fsp3) is 0.286. The monoisotopic (exact) mass is 308 g/mol. The summed E-state index contributed by atoms with van der Waals surface area (Å²) < 4.78 is 1.49. The number of hydrogen-bond acceptors (Lipinski definition) is 0.